The molecule has 3 aliphatic rings. The summed E-state index contributed by atoms with van der Waals surface area (Å²) >= 11 is 0. The van der Waals surface area contributed by atoms with Crippen LogP contribution in [0.5, 0.6) is 0 Å². The Kier molecular flexibility index (Phi) is 9.94. The van der Waals surface area contributed by atoms with Crippen molar-refractivity contribution in [2.45, 2.75) is 19.9 Å². The molecule has 2 nitrogen and oxygen atoms in total. The summed E-state index contributed by atoms with van der Waals surface area (Å²) in [4.78, 5) is 4.52. The first-order valence-corrected chi connectivity index (χ1v) is 14.3. The molecule has 1 atom stereocenters. The molecule has 7 rings (SSSR count). The number of hydrogen-bond acceptors (Lipinski definition) is 2. The van der Waals surface area contributed by atoms with Gasteiger partial charge in [0.05, 0.1) is 12.0 Å². The van der Waals surface area contributed by atoms with Crippen LogP contribution in [-0.4, -0.2) is 18.5 Å². The Bertz CT molecular complexity index is 1330. The summed E-state index contributed by atoms with van der Waals surface area (Å²) in [5.41, 5.74) is 10.4. The van der Waals surface area contributed by atoms with Gasteiger partial charge in [-0.05, 0) is 76.1 Å². The predicted molar refractivity (Wildman–Crippen MR) is 172 cm³/mol. The first-order valence-electron chi connectivity index (χ1n) is 14.3. The van der Waals surface area contributed by atoms with Crippen molar-refractivity contribution in [3.63, 3.8) is 0 Å². The van der Waals surface area contributed by atoms with Crippen molar-refractivity contribution in [2.24, 2.45) is 10.9 Å². The van der Waals surface area contributed by atoms with E-state index in [4.69, 9.17) is 4.74 Å². The third-order valence-corrected chi connectivity index (χ3v) is 7.60. The smallest absolute Gasteiger partial charge is 0.191 e. The average Bonchev–Trinajstić information content (AvgIpc) is 3.73. The Morgan fingerprint density at radius 3 is 1.17 bits per heavy atom. The Morgan fingerprint density at radius 1 is 0.548 bits per heavy atom. The summed E-state index contributed by atoms with van der Waals surface area (Å²) < 4.78 is 5.52. The van der Waals surface area contributed by atoms with E-state index in [2.05, 4.69) is 140 Å². The van der Waals surface area contributed by atoms with Crippen molar-refractivity contribution < 1.29 is 21.5 Å². The third-order valence-electron chi connectivity index (χ3n) is 7.60. The van der Waals surface area contributed by atoms with Crippen LogP contribution in [0.25, 0.3) is 22.3 Å². The zero-order chi connectivity index (χ0) is 28.0. The molecule has 2 aliphatic carbocycles. The zero-order valence-electron chi connectivity index (χ0n) is 23.9. The number of ether oxygens (including phenoxy) is 1. The van der Waals surface area contributed by atoms with Gasteiger partial charge in [0.2, 0.25) is 0 Å². The zero-order valence-corrected chi connectivity index (χ0v) is 24.9. The van der Waals surface area contributed by atoms with Gasteiger partial charge in [0.25, 0.3) is 0 Å². The van der Waals surface area contributed by atoms with Crippen molar-refractivity contribution in [3.8, 4) is 0 Å². The van der Waals surface area contributed by atoms with Gasteiger partial charge in [-0.3, -0.25) is 0 Å². The van der Waals surface area contributed by atoms with E-state index in [1.165, 1.54) is 44.5 Å². The SMILES string of the molecule is CC(C)[C@H]1COC([C]2[CH][CH][CH][CH]2)=N1.[Co].c1ccc(C2=C(c3ccccc3)C(c3ccccc3)=C2c2ccccc2)cc1. The second-order valence-corrected chi connectivity index (χ2v) is 10.7. The number of aliphatic imine (C=N–C) groups is 1. The molecule has 0 aromatic heterocycles. The van der Waals surface area contributed by atoms with Crippen molar-refractivity contribution in [2.75, 3.05) is 6.61 Å². The van der Waals surface area contributed by atoms with Crippen molar-refractivity contribution in [1.82, 2.24) is 0 Å². The van der Waals surface area contributed by atoms with Gasteiger partial charge in [0, 0.05) is 16.8 Å². The molecular weight excluding hydrogens is 557 g/mol. The molecule has 0 spiro atoms. The van der Waals surface area contributed by atoms with E-state index in [1.54, 1.807) is 0 Å². The van der Waals surface area contributed by atoms with Gasteiger partial charge >= 0.3 is 0 Å². The van der Waals surface area contributed by atoms with Crippen LogP contribution in [0.1, 0.15) is 36.1 Å². The van der Waals surface area contributed by atoms with E-state index in [1.807, 2.05) is 25.7 Å². The third kappa shape index (κ3) is 6.38. The molecule has 0 amide bonds. The van der Waals surface area contributed by atoms with Gasteiger partial charge in [-0.15, -0.1) is 0 Å². The van der Waals surface area contributed by atoms with E-state index >= 15 is 0 Å². The van der Waals surface area contributed by atoms with E-state index in [-0.39, 0.29) is 16.8 Å². The van der Waals surface area contributed by atoms with Crippen LogP contribution < -0.4 is 0 Å². The van der Waals surface area contributed by atoms with Gasteiger partial charge in [-0.25, -0.2) is 4.99 Å². The van der Waals surface area contributed by atoms with E-state index in [0.717, 1.165) is 18.4 Å². The molecule has 3 heteroatoms. The summed E-state index contributed by atoms with van der Waals surface area (Å²) in [6.07, 6.45) is 8.07. The maximum Gasteiger partial charge on any atom is 0.191 e. The molecule has 4 aromatic carbocycles. The molecule has 6 radical (unpaired) electrons. The fraction of sp³-hybridized carbons (Fsp3) is 0.128. The summed E-state index contributed by atoms with van der Waals surface area (Å²) in [7, 11) is 0. The van der Waals surface area contributed by atoms with Gasteiger partial charge < -0.3 is 4.74 Å². The van der Waals surface area contributed by atoms with Crippen LogP contribution in [0.2, 0.25) is 0 Å². The minimum Gasteiger partial charge on any atom is -0.478 e. The first-order chi connectivity index (χ1) is 20.2. The van der Waals surface area contributed by atoms with Crippen molar-refractivity contribution >= 4 is 28.2 Å². The molecular formula is C39H34CoNO. The topological polar surface area (TPSA) is 21.6 Å². The second-order valence-electron chi connectivity index (χ2n) is 10.7. The maximum atomic E-state index is 5.52. The van der Waals surface area contributed by atoms with Crippen LogP contribution >= 0.6 is 0 Å². The Labute approximate surface area is 261 Å². The quantitative estimate of drug-likeness (QED) is 0.219. The minimum absolute atomic E-state index is 0. The summed E-state index contributed by atoms with van der Waals surface area (Å²) in [6.45, 7) is 5.08. The van der Waals surface area contributed by atoms with Crippen LogP contribution in [-0.2, 0) is 21.5 Å². The van der Waals surface area contributed by atoms with Gasteiger partial charge in [-0.2, -0.15) is 0 Å². The predicted octanol–water partition coefficient (Wildman–Crippen LogP) is 9.06. The van der Waals surface area contributed by atoms with Crippen molar-refractivity contribution in [1.29, 1.82) is 0 Å². The molecule has 42 heavy (non-hydrogen) atoms. The van der Waals surface area contributed by atoms with Crippen LogP contribution in [0, 0.1) is 37.5 Å². The van der Waals surface area contributed by atoms with Crippen LogP contribution in [0.15, 0.2) is 126 Å². The molecule has 0 bridgehead atoms. The first kappa shape index (κ1) is 29.8. The maximum absolute atomic E-state index is 5.52. The second kappa shape index (κ2) is 14.0. The summed E-state index contributed by atoms with van der Waals surface area (Å²) in [6, 6.07) is 43.3. The molecule has 1 aliphatic heterocycles. The molecule has 1 fully saturated rings. The van der Waals surface area contributed by atoms with Crippen molar-refractivity contribution in [3.05, 3.63) is 175 Å². The number of rotatable bonds is 6. The monoisotopic (exact) mass is 591 g/mol. The van der Waals surface area contributed by atoms with Crippen LogP contribution in [0.3, 0.4) is 0 Å². The van der Waals surface area contributed by atoms with Gasteiger partial charge in [0.15, 0.2) is 5.90 Å². The number of nitrogens with zero attached hydrogens (tertiary/aromatic N) is 1. The molecule has 1 saturated carbocycles. The summed E-state index contributed by atoms with van der Waals surface area (Å²) in [5, 5.41) is 0. The van der Waals surface area contributed by atoms with E-state index in [0.29, 0.717) is 12.0 Å². The van der Waals surface area contributed by atoms with E-state index < -0.39 is 0 Å². The Morgan fingerprint density at radius 2 is 0.881 bits per heavy atom. The molecule has 210 valence electrons. The van der Waals surface area contributed by atoms with E-state index in [9.17, 15) is 0 Å². The largest absolute Gasteiger partial charge is 0.478 e. The van der Waals surface area contributed by atoms with Gasteiger partial charge in [-0.1, -0.05) is 135 Å². The molecule has 1 heterocycles. The average molecular weight is 592 g/mol. The number of allylic oxidation sites excluding steroid dienone is 4. The Balaban J connectivity index is 0.000000212. The number of benzene rings is 4. The summed E-state index contributed by atoms with van der Waals surface area (Å²) in [5.74, 6) is 2.47. The standard InChI is InChI=1S/C28H20.C11H14NO.Co/c1-5-13-21(14-6-1)25-26(22-15-7-2-8-16-22)28(24-19-11-4-12-20-24)27(25)23-17-9-3-10-18-23;1-8(2)10-7-13-11(12-10)9-5-3-4-6-9;/h1-20H;3-6,8,10H,7H2,1-2H3;/t;10-;/m.1./s1. The molecule has 0 N–H and O–H groups in total. The molecule has 0 unspecified atom stereocenters. The molecule has 4 aromatic rings. The van der Waals surface area contributed by atoms with Gasteiger partial charge in [0.1, 0.15) is 6.61 Å². The fourth-order valence-corrected chi connectivity index (χ4v) is 5.42. The Hall–Kier alpha value is -3.66. The van der Waals surface area contributed by atoms with Crippen LogP contribution in [0.4, 0.5) is 0 Å². The minimum atomic E-state index is 0. The fourth-order valence-electron chi connectivity index (χ4n) is 5.42. The number of hydrogen-bond donors (Lipinski definition) is 0. The molecule has 0 saturated heterocycles. The normalized spacial score (nSPS) is 18.1.